The van der Waals surface area contributed by atoms with E-state index < -0.39 is 23.8 Å². The number of primary amides is 1. The number of carboxylic acids is 1. The summed E-state index contributed by atoms with van der Waals surface area (Å²) >= 11 is 0. The minimum absolute atomic E-state index is 0.144. The van der Waals surface area contributed by atoms with E-state index in [9.17, 15) is 14.4 Å². The Balaban J connectivity index is 2.68. The highest BCUT2D eigenvalue weighted by Gasteiger charge is 2.21. The fourth-order valence-corrected chi connectivity index (χ4v) is 1.79. The molecule has 0 saturated heterocycles. The Morgan fingerprint density at radius 2 is 1.82 bits per heavy atom. The normalized spacial score (nSPS) is 11.8. The van der Waals surface area contributed by atoms with Gasteiger partial charge >= 0.3 is 5.97 Å². The van der Waals surface area contributed by atoms with Gasteiger partial charge in [0.15, 0.2) is 6.61 Å². The molecule has 0 aromatic heterocycles. The monoisotopic (exact) mass is 308 g/mol. The Kier molecular flexibility index (Phi) is 6.37. The number of ether oxygens (including phenoxy) is 1. The number of carboxylic acid groups (broad SMARTS) is 1. The van der Waals surface area contributed by atoms with Crippen molar-refractivity contribution in [2.45, 2.75) is 26.3 Å². The number of rotatable bonds is 8. The third-order valence-corrected chi connectivity index (χ3v) is 2.81. The molecule has 1 aromatic carbocycles. The Hall–Kier alpha value is -2.57. The predicted octanol–water partition coefficient (Wildman–Crippen LogP) is 0.780. The number of benzene rings is 1. The average molecular weight is 308 g/mol. The minimum Gasteiger partial charge on any atom is -0.484 e. The van der Waals surface area contributed by atoms with Gasteiger partial charge in [-0.25, -0.2) is 4.79 Å². The molecule has 22 heavy (non-hydrogen) atoms. The van der Waals surface area contributed by atoms with Gasteiger partial charge in [-0.1, -0.05) is 13.8 Å². The molecule has 7 heteroatoms. The largest absolute Gasteiger partial charge is 0.484 e. The zero-order valence-electron chi connectivity index (χ0n) is 12.5. The topological polar surface area (TPSA) is 119 Å². The number of hydrogen-bond donors (Lipinski definition) is 3. The van der Waals surface area contributed by atoms with Gasteiger partial charge in [0, 0.05) is 5.56 Å². The maximum absolute atomic E-state index is 12.0. The molecule has 1 unspecified atom stereocenters. The molecule has 0 aliphatic rings. The van der Waals surface area contributed by atoms with Gasteiger partial charge in [-0.3, -0.25) is 9.59 Å². The van der Waals surface area contributed by atoms with Crippen molar-refractivity contribution in [1.29, 1.82) is 0 Å². The van der Waals surface area contributed by atoms with Crippen LogP contribution in [0.3, 0.4) is 0 Å². The molecule has 0 spiro atoms. The highest BCUT2D eigenvalue weighted by atomic mass is 16.5. The molecule has 7 nitrogen and oxygen atoms in total. The zero-order chi connectivity index (χ0) is 16.7. The third-order valence-electron chi connectivity index (χ3n) is 2.81. The summed E-state index contributed by atoms with van der Waals surface area (Å²) in [6, 6.07) is 5.06. The van der Waals surface area contributed by atoms with E-state index in [-0.39, 0.29) is 12.5 Å². The summed E-state index contributed by atoms with van der Waals surface area (Å²) in [5, 5.41) is 11.6. The average Bonchev–Trinajstić information content (AvgIpc) is 2.44. The van der Waals surface area contributed by atoms with E-state index in [1.165, 1.54) is 24.3 Å². The zero-order valence-corrected chi connectivity index (χ0v) is 12.5. The molecule has 2 amide bonds. The van der Waals surface area contributed by atoms with Crippen molar-refractivity contribution in [3.05, 3.63) is 29.8 Å². The van der Waals surface area contributed by atoms with Crippen molar-refractivity contribution < 1.29 is 24.2 Å². The lowest BCUT2D eigenvalue weighted by molar-refractivity contribution is -0.139. The van der Waals surface area contributed by atoms with Crippen LogP contribution in [0.15, 0.2) is 24.3 Å². The van der Waals surface area contributed by atoms with Crippen LogP contribution in [0.4, 0.5) is 0 Å². The van der Waals surface area contributed by atoms with Gasteiger partial charge in [0.2, 0.25) is 0 Å². The van der Waals surface area contributed by atoms with E-state index in [0.717, 1.165) is 0 Å². The van der Waals surface area contributed by atoms with Crippen molar-refractivity contribution >= 4 is 17.8 Å². The first-order valence-corrected chi connectivity index (χ1v) is 6.84. The Labute approximate surface area is 128 Å². The molecule has 0 aliphatic carbocycles. The summed E-state index contributed by atoms with van der Waals surface area (Å²) in [6.45, 7) is 3.51. The van der Waals surface area contributed by atoms with E-state index in [2.05, 4.69) is 5.32 Å². The second kappa shape index (κ2) is 8.02. The smallest absolute Gasteiger partial charge is 0.326 e. The van der Waals surface area contributed by atoms with Crippen LogP contribution in [0.5, 0.6) is 5.75 Å². The van der Waals surface area contributed by atoms with Crippen molar-refractivity contribution in [2.24, 2.45) is 11.7 Å². The maximum atomic E-state index is 12.0. The molecule has 1 rings (SSSR count). The molecule has 0 aliphatic heterocycles. The third kappa shape index (κ3) is 5.82. The van der Waals surface area contributed by atoms with Crippen LogP contribution in [-0.4, -0.2) is 35.5 Å². The van der Waals surface area contributed by atoms with Crippen molar-refractivity contribution in [3.63, 3.8) is 0 Å². The van der Waals surface area contributed by atoms with Crippen LogP contribution in [0.2, 0.25) is 0 Å². The summed E-state index contributed by atoms with van der Waals surface area (Å²) in [5.41, 5.74) is 5.26. The van der Waals surface area contributed by atoms with Gasteiger partial charge in [-0.15, -0.1) is 0 Å². The summed E-state index contributed by atoms with van der Waals surface area (Å²) in [7, 11) is 0. The first-order chi connectivity index (χ1) is 10.3. The molecular weight excluding hydrogens is 288 g/mol. The SMILES string of the molecule is CC(C)CC(NC(=O)c1ccc(OCC(N)=O)cc1)C(=O)O. The molecule has 0 bridgehead atoms. The van der Waals surface area contributed by atoms with E-state index in [1.54, 1.807) is 0 Å². The number of carbonyl (C=O) groups is 3. The van der Waals surface area contributed by atoms with Gasteiger partial charge < -0.3 is 20.9 Å². The van der Waals surface area contributed by atoms with E-state index in [4.69, 9.17) is 15.6 Å². The summed E-state index contributed by atoms with van der Waals surface area (Å²) in [4.78, 5) is 33.8. The lowest BCUT2D eigenvalue weighted by Gasteiger charge is -2.16. The summed E-state index contributed by atoms with van der Waals surface area (Å²) in [6.07, 6.45) is 0.348. The molecule has 1 atom stereocenters. The van der Waals surface area contributed by atoms with Gasteiger partial charge in [-0.05, 0) is 36.6 Å². The van der Waals surface area contributed by atoms with Crippen LogP contribution < -0.4 is 15.8 Å². The van der Waals surface area contributed by atoms with E-state index in [0.29, 0.717) is 17.7 Å². The number of amides is 2. The molecule has 1 aromatic rings. The maximum Gasteiger partial charge on any atom is 0.326 e. The molecular formula is C15H20N2O5. The second-order valence-corrected chi connectivity index (χ2v) is 5.27. The lowest BCUT2D eigenvalue weighted by atomic mass is 10.0. The quantitative estimate of drug-likeness (QED) is 0.655. The molecule has 0 fully saturated rings. The summed E-state index contributed by atoms with van der Waals surface area (Å²) in [5.74, 6) is -1.60. The summed E-state index contributed by atoms with van der Waals surface area (Å²) < 4.78 is 5.07. The Morgan fingerprint density at radius 1 is 1.23 bits per heavy atom. The molecule has 0 heterocycles. The first kappa shape index (κ1) is 17.5. The number of nitrogens with two attached hydrogens (primary N) is 1. The number of hydrogen-bond acceptors (Lipinski definition) is 4. The van der Waals surface area contributed by atoms with E-state index in [1.807, 2.05) is 13.8 Å². The molecule has 4 N–H and O–H groups in total. The lowest BCUT2D eigenvalue weighted by Crippen LogP contribution is -2.41. The van der Waals surface area contributed by atoms with Gasteiger partial charge in [0.05, 0.1) is 0 Å². The number of nitrogens with one attached hydrogen (secondary N) is 1. The Bertz CT molecular complexity index is 539. The van der Waals surface area contributed by atoms with Crippen molar-refractivity contribution in [1.82, 2.24) is 5.32 Å². The predicted molar refractivity (Wildman–Crippen MR) is 79.5 cm³/mol. The highest BCUT2D eigenvalue weighted by Crippen LogP contribution is 2.13. The molecule has 0 radical (unpaired) electrons. The van der Waals surface area contributed by atoms with Gasteiger partial charge in [0.1, 0.15) is 11.8 Å². The second-order valence-electron chi connectivity index (χ2n) is 5.27. The Morgan fingerprint density at radius 3 is 2.27 bits per heavy atom. The van der Waals surface area contributed by atoms with Crippen LogP contribution in [0.25, 0.3) is 0 Å². The fraction of sp³-hybridized carbons (Fsp3) is 0.400. The fourth-order valence-electron chi connectivity index (χ4n) is 1.79. The van der Waals surface area contributed by atoms with Crippen LogP contribution in [0, 0.1) is 5.92 Å². The molecule has 120 valence electrons. The van der Waals surface area contributed by atoms with Crippen molar-refractivity contribution in [2.75, 3.05) is 6.61 Å². The molecule has 0 saturated carbocycles. The van der Waals surface area contributed by atoms with Crippen LogP contribution in [0.1, 0.15) is 30.6 Å². The first-order valence-electron chi connectivity index (χ1n) is 6.84. The number of aliphatic carboxylic acids is 1. The highest BCUT2D eigenvalue weighted by molar-refractivity contribution is 5.96. The van der Waals surface area contributed by atoms with E-state index >= 15 is 0 Å². The van der Waals surface area contributed by atoms with Crippen LogP contribution >= 0.6 is 0 Å². The van der Waals surface area contributed by atoms with Gasteiger partial charge in [-0.2, -0.15) is 0 Å². The van der Waals surface area contributed by atoms with Gasteiger partial charge in [0.25, 0.3) is 11.8 Å². The number of carbonyl (C=O) groups excluding carboxylic acids is 2. The van der Waals surface area contributed by atoms with Crippen molar-refractivity contribution in [3.8, 4) is 5.75 Å². The van der Waals surface area contributed by atoms with Crippen LogP contribution in [-0.2, 0) is 9.59 Å². The standard InChI is InChI=1S/C15H20N2O5/c1-9(2)7-12(15(20)21)17-14(19)10-3-5-11(6-4-10)22-8-13(16)18/h3-6,9,12H,7-8H2,1-2H3,(H2,16,18)(H,17,19)(H,20,21). The minimum atomic E-state index is -1.07.